The number of alkyl carbamates (subject to hydrolysis) is 1. The molecule has 0 aliphatic carbocycles. The minimum absolute atomic E-state index is 0.0641. The molecule has 2 aliphatic rings. The molecule has 0 saturated carbocycles. The van der Waals surface area contributed by atoms with Crippen molar-refractivity contribution in [1.82, 2.24) is 25.2 Å². The molecule has 8 heteroatoms. The summed E-state index contributed by atoms with van der Waals surface area (Å²) in [5.41, 5.74) is 2.54. The second-order valence-electron chi connectivity index (χ2n) is 9.20. The van der Waals surface area contributed by atoms with Gasteiger partial charge >= 0.3 is 6.09 Å². The van der Waals surface area contributed by atoms with Crippen molar-refractivity contribution < 1.29 is 9.53 Å². The first-order valence-corrected chi connectivity index (χ1v) is 10.6. The van der Waals surface area contributed by atoms with Gasteiger partial charge in [-0.3, -0.25) is 0 Å². The molecular weight excluding hydrogens is 368 g/mol. The summed E-state index contributed by atoms with van der Waals surface area (Å²) < 4.78 is 7.27. The molecule has 0 spiro atoms. The largest absolute Gasteiger partial charge is 0.444 e. The molecule has 0 aromatic carbocycles. The molecule has 4 heterocycles. The van der Waals surface area contributed by atoms with E-state index >= 15 is 0 Å². The number of fused-ring (bicyclic) bond motifs is 1. The smallest absolute Gasteiger partial charge is 0.407 e. The van der Waals surface area contributed by atoms with E-state index in [9.17, 15) is 4.79 Å². The topological polar surface area (TPSA) is 83.8 Å². The molecule has 2 saturated heterocycles. The van der Waals surface area contributed by atoms with Gasteiger partial charge in [0.15, 0.2) is 5.65 Å². The van der Waals surface area contributed by atoms with E-state index in [1.54, 1.807) is 0 Å². The lowest BCUT2D eigenvalue weighted by Crippen LogP contribution is -2.40. The number of hydrogen-bond donors (Lipinski definition) is 2. The predicted octanol–water partition coefficient (Wildman–Crippen LogP) is 2.96. The summed E-state index contributed by atoms with van der Waals surface area (Å²) >= 11 is 0. The van der Waals surface area contributed by atoms with E-state index < -0.39 is 5.60 Å². The molecular formula is C21H32N6O2. The molecule has 2 fully saturated rings. The van der Waals surface area contributed by atoms with Crippen LogP contribution in [0.15, 0.2) is 12.3 Å². The lowest BCUT2D eigenvalue weighted by Gasteiger charge is -2.22. The van der Waals surface area contributed by atoms with Gasteiger partial charge in [0.25, 0.3) is 0 Å². The lowest BCUT2D eigenvalue weighted by molar-refractivity contribution is 0.0509. The number of carbonyl (C=O) groups is 1. The standard InChI is InChI=1S/C21H32N6O2/c1-14-12-27-18(11-17(25-27)16-7-5-6-9-22-16)24-19(14)26-10-8-15(13-26)23-20(28)29-21(2,3)4/h11-12,15-16,22H,5-10,13H2,1-4H3,(H,23,28). The van der Waals surface area contributed by atoms with Crippen LogP contribution in [0.2, 0.25) is 0 Å². The van der Waals surface area contributed by atoms with Gasteiger partial charge < -0.3 is 20.3 Å². The summed E-state index contributed by atoms with van der Waals surface area (Å²) in [4.78, 5) is 19.2. The van der Waals surface area contributed by atoms with E-state index in [-0.39, 0.29) is 12.1 Å². The molecule has 4 rings (SSSR count). The van der Waals surface area contributed by atoms with Crippen molar-refractivity contribution in [3.63, 3.8) is 0 Å². The van der Waals surface area contributed by atoms with E-state index in [0.717, 1.165) is 55.2 Å². The zero-order valence-electron chi connectivity index (χ0n) is 17.9. The summed E-state index contributed by atoms with van der Waals surface area (Å²) in [5, 5.41) is 11.3. The molecule has 29 heavy (non-hydrogen) atoms. The minimum Gasteiger partial charge on any atom is -0.444 e. The van der Waals surface area contributed by atoms with E-state index in [1.165, 1.54) is 12.8 Å². The van der Waals surface area contributed by atoms with Crippen molar-refractivity contribution in [2.24, 2.45) is 0 Å². The fraction of sp³-hybridized carbons (Fsp3) is 0.667. The third-order valence-electron chi connectivity index (χ3n) is 5.50. The highest BCUT2D eigenvalue weighted by Gasteiger charge is 2.28. The highest BCUT2D eigenvalue weighted by molar-refractivity contribution is 5.68. The maximum absolute atomic E-state index is 12.1. The number of rotatable bonds is 3. The fourth-order valence-corrected chi connectivity index (χ4v) is 4.16. The number of aryl methyl sites for hydroxylation is 1. The van der Waals surface area contributed by atoms with Gasteiger partial charge in [0.2, 0.25) is 0 Å². The van der Waals surface area contributed by atoms with Gasteiger partial charge in [0, 0.05) is 30.9 Å². The highest BCUT2D eigenvalue weighted by Crippen LogP contribution is 2.26. The summed E-state index contributed by atoms with van der Waals surface area (Å²) in [6, 6.07) is 2.48. The van der Waals surface area contributed by atoms with Gasteiger partial charge in [-0.15, -0.1) is 0 Å². The average molecular weight is 401 g/mol. The molecule has 0 bridgehead atoms. The van der Waals surface area contributed by atoms with Crippen LogP contribution in [0.4, 0.5) is 10.6 Å². The van der Waals surface area contributed by atoms with Gasteiger partial charge in [-0.2, -0.15) is 5.10 Å². The molecule has 2 N–H and O–H groups in total. The SMILES string of the molecule is Cc1cn2nc(C3CCCCN3)cc2nc1N1CCC(NC(=O)OC(C)(C)C)C1. The monoisotopic (exact) mass is 400 g/mol. The Balaban J connectivity index is 1.46. The molecule has 1 amide bonds. The number of nitrogens with one attached hydrogen (secondary N) is 2. The zero-order valence-corrected chi connectivity index (χ0v) is 17.9. The Kier molecular flexibility index (Phi) is 5.38. The Morgan fingerprint density at radius 3 is 2.86 bits per heavy atom. The lowest BCUT2D eigenvalue weighted by atomic mass is 10.0. The summed E-state index contributed by atoms with van der Waals surface area (Å²) in [7, 11) is 0. The first-order chi connectivity index (χ1) is 13.8. The zero-order chi connectivity index (χ0) is 20.6. The molecule has 2 aromatic heterocycles. The second kappa shape index (κ2) is 7.82. The number of ether oxygens (including phenoxy) is 1. The predicted molar refractivity (Wildman–Crippen MR) is 112 cm³/mol. The van der Waals surface area contributed by atoms with Gasteiger partial charge in [-0.25, -0.2) is 14.3 Å². The normalized spacial score (nSPS) is 22.8. The van der Waals surface area contributed by atoms with Crippen LogP contribution >= 0.6 is 0 Å². The van der Waals surface area contributed by atoms with Gasteiger partial charge in [-0.05, 0) is 53.5 Å². The van der Waals surface area contributed by atoms with E-state index in [4.69, 9.17) is 14.8 Å². The van der Waals surface area contributed by atoms with Crippen LogP contribution in [-0.2, 0) is 4.74 Å². The van der Waals surface area contributed by atoms with E-state index in [1.807, 2.05) is 25.3 Å². The van der Waals surface area contributed by atoms with Crippen LogP contribution in [0.3, 0.4) is 0 Å². The Morgan fingerprint density at radius 1 is 1.31 bits per heavy atom. The third kappa shape index (κ3) is 4.63. The van der Waals surface area contributed by atoms with Crippen LogP contribution in [0.25, 0.3) is 5.65 Å². The maximum atomic E-state index is 12.1. The van der Waals surface area contributed by atoms with Gasteiger partial charge in [0.05, 0.1) is 17.8 Å². The molecule has 0 radical (unpaired) electrons. The first-order valence-electron chi connectivity index (χ1n) is 10.6. The molecule has 2 atom stereocenters. The number of piperidine rings is 1. The molecule has 158 valence electrons. The summed E-state index contributed by atoms with van der Waals surface area (Å²) in [6.07, 6.45) is 6.17. The molecule has 2 aromatic rings. The quantitative estimate of drug-likeness (QED) is 0.824. The van der Waals surface area contributed by atoms with E-state index in [0.29, 0.717) is 6.04 Å². The van der Waals surface area contributed by atoms with Crippen LogP contribution in [0.5, 0.6) is 0 Å². The molecule has 2 aliphatic heterocycles. The van der Waals surface area contributed by atoms with Crippen LogP contribution in [-0.4, -0.2) is 52.0 Å². The minimum atomic E-state index is -0.488. The Hall–Kier alpha value is -2.35. The van der Waals surface area contributed by atoms with Gasteiger partial charge in [-0.1, -0.05) is 6.42 Å². The second-order valence-corrected chi connectivity index (χ2v) is 9.20. The molecule has 8 nitrogen and oxygen atoms in total. The van der Waals surface area contributed by atoms with Gasteiger partial charge in [0.1, 0.15) is 11.4 Å². The Labute approximate surface area is 172 Å². The van der Waals surface area contributed by atoms with Crippen molar-refractivity contribution in [2.45, 2.75) is 71.1 Å². The number of aromatic nitrogens is 3. The average Bonchev–Trinajstić information content (AvgIpc) is 3.26. The van der Waals surface area contributed by atoms with Crippen molar-refractivity contribution >= 4 is 17.6 Å². The number of hydrogen-bond acceptors (Lipinski definition) is 6. The fourth-order valence-electron chi connectivity index (χ4n) is 4.16. The van der Waals surface area contributed by atoms with Crippen LogP contribution in [0.1, 0.15) is 63.8 Å². The van der Waals surface area contributed by atoms with Crippen molar-refractivity contribution in [2.75, 3.05) is 24.5 Å². The summed E-state index contributed by atoms with van der Waals surface area (Å²) in [5.74, 6) is 0.967. The Morgan fingerprint density at radius 2 is 2.14 bits per heavy atom. The number of nitrogens with zero attached hydrogens (tertiary/aromatic N) is 4. The third-order valence-corrected chi connectivity index (χ3v) is 5.50. The number of amides is 1. The first kappa shape index (κ1) is 19.9. The summed E-state index contributed by atoms with van der Waals surface area (Å²) in [6.45, 7) is 10.3. The van der Waals surface area contributed by atoms with Crippen molar-refractivity contribution in [3.8, 4) is 0 Å². The maximum Gasteiger partial charge on any atom is 0.407 e. The van der Waals surface area contributed by atoms with Crippen molar-refractivity contribution in [3.05, 3.63) is 23.5 Å². The highest BCUT2D eigenvalue weighted by atomic mass is 16.6. The van der Waals surface area contributed by atoms with Crippen LogP contribution < -0.4 is 15.5 Å². The van der Waals surface area contributed by atoms with E-state index in [2.05, 4.69) is 34.7 Å². The number of carbonyl (C=O) groups excluding carboxylic acids is 1. The Bertz CT molecular complexity index is 881. The molecule has 2 unspecified atom stereocenters. The number of anilines is 1. The van der Waals surface area contributed by atoms with Crippen LogP contribution in [0, 0.1) is 6.92 Å². The van der Waals surface area contributed by atoms with Crippen molar-refractivity contribution in [1.29, 1.82) is 0 Å².